The Morgan fingerprint density at radius 1 is 1.19 bits per heavy atom. The minimum absolute atomic E-state index is 0.100. The smallest absolute Gasteiger partial charge is 0.255 e. The van der Waals surface area contributed by atoms with Crippen LogP contribution in [0.2, 0.25) is 0 Å². The molecule has 3 aromatic rings. The number of amides is 1. The number of rotatable bonds is 6. The largest absolute Gasteiger partial charge is 0.322 e. The second-order valence-corrected chi connectivity index (χ2v) is 7.77. The monoisotopic (exact) mass is 364 g/mol. The predicted octanol–water partition coefficient (Wildman–Crippen LogP) is 4.72. The lowest BCUT2D eigenvalue weighted by Gasteiger charge is -2.13. The zero-order valence-electron chi connectivity index (χ0n) is 14.5. The van der Waals surface area contributed by atoms with Crippen molar-refractivity contribution >= 4 is 23.4 Å². The third-order valence-corrected chi connectivity index (χ3v) is 5.54. The SMILES string of the molecule is C[C@H](Sc1nncn1C1CC1)c1cccc(NC(=O)c2ccccc2)c1. The van der Waals surface area contributed by atoms with Gasteiger partial charge in [0.25, 0.3) is 5.91 Å². The molecule has 6 heteroatoms. The summed E-state index contributed by atoms with van der Waals surface area (Å²) >= 11 is 1.70. The highest BCUT2D eigenvalue weighted by molar-refractivity contribution is 7.99. The molecule has 1 aromatic heterocycles. The Kier molecular flexibility index (Phi) is 4.75. The number of nitrogens with zero attached hydrogens (tertiary/aromatic N) is 3. The van der Waals surface area contributed by atoms with E-state index in [4.69, 9.17) is 0 Å². The molecule has 1 aliphatic rings. The van der Waals surface area contributed by atoms with Gasteiger partial charge in [0.05, 0.1) is 0 Å². The van der Waals surface area contributed by atoms with Gasteiger partial charge in [-0.3, -0.25) is 4.79 Å². The van der Waals surface area contributed by atoms with Gasteiger partial charge in [0.1, 0.15) is 6.33 Å². The maximum Gasteiger partial charge on any atom is 0.255 e. The van der Waals surface area contributed by atoms with Crippen molar-refractivity contribution in [3.63, 3.8) is 0 Å². The Morgan fingerprint density at radius 2 is 2.00 bits per heavy atom. The van der Waals surface area contributed by atoms with Crippen molar-refractivity contribution in [1.82, 2.24) is 14.8 Å². The van der Waals surface area contributed by atoms with E-state index in [-0.39, 0.29) is 11.2 Å². The molecule has 4 rings (SSSR count). The molecule has 2 aromatic carbocycles. The fourth-order valence-electron chi connectivity index (χ4n) is 2.81. The topological polar surface area (TPSA) is 59.8 Å². The number of nitrogens with one attached hydrogen (secondary N) is 1. The van der Waals surface area contributed by atoms with Gasteiger partial charge in [-0.1, -0.05) is 42.1 Å². The first kappa shape index (κ1) is 16.8. The maximum atomic E-state index is 12.3. The van der Waals surface area contributed by atoms with E-state index in [0.29, 0.717) is 11.6 Å². The number of aromatic nitrogens is 3. The van der Waals surface area contributed by atoms with E-state index in [0.717, 1.165) is 16.4 Å². The summed E-state index contributed by atoms with van der Waals surface area (Å²) in [4.78, 5) is 12.3. The quantitative estimate of drug-likeness (QED) is 0.643. The molecule has 1 atom stereocenters. The van der Waals surface area contributed by atoms with E-state index in [9.17, 15) is 4.79 Å². The molecule has 0 radical (unpaired) electrons. The lowest BCUT2D eigenvalue weighted by Crippen LogP contribution is -2.11. The Morgan fingerprint density at radius 3 is 2.77 bits per heavy atom. The molecule has 0 saturated heterocycles. The van der Waals surface area contributed by atoms with Gasteiger partial charge in [-0.25, -0.2) is 0 Å². The van der Waals surface area contributed by atoms with Crippen LogP contribution in [-0.2, 0) is 0 Å². The van der Waals surface area contributed by atoms with Crippen LogP contribution in [0.25, 0.3) is 0 Å². The summed E-state index contributed by atoms with van der Waals surface area (Å²) < 4.78 is 2.17. The van der Waals surface area contributed by atoms with Crippen LogP contribution in [0.4, 0.5) is 5.69 Å². The average Bonchev–Trinajstić information content (AvgIpc) is 3.42. The van der Waals surface area contributed by atoms with E-state index in [1.807, 2.05) is 54.9 Å². The fourth-order valence-corrected chi connectivity index (χ4v) is 3.82. The Balaban J connectivity index is 1.46. The van der Waals surface area contributed by atoms with Crippen LogP contribution in [0.1, 0.15) is 47.0 Å². The van der Waals surface area contributed by atoms with Crippen molar-refractivity contribution in [2.45, 2.75) is 36.2 Å². The minimum Gasteiger partial charge on any atom is -0.322 e. The molecule has 0 bridgehead atoms. The molecule has 0 spiro atoms. The molecule has 1 aliphatic carbocycles. The lowest BCUT2D eigenvalue weighted by molar-refractivity contribution is 0.102. The molecule has 1 heterocycles. The normalized spacial score (nSPS) is 14.8. The second-order valence-electron chi connectivity index (χ2n) is 6.46. The number of hydrogen-bond donors (Lipinski definition) is 1. The first-order chi connectivity index (χ1) is 12.7. The van der Waals surface area contributed by atoms with E-state index in [1.165, 1.54) is 12.8 Å². The van der Waals surface area contributed by atoms with Gasteiger partial charge in [0.2, 0.25) is 0 Å². The second kappa shape index (κ2) is 7.33. The Bertz CT molecular complexity index is 905. The van der Waals surface area contributed by atoms with Gasteiger partial charge in [-0.15, -0.1) is 10.2 Å². The van der Waals surface area contributed by atoms with Crippen molar-refractivity contribution < 1.29 is 4.79 Å². The van der Waals surface area contributed by atoms with Crippen molar-refractivity contribution in [3.05, 3.63) is 72.1 Å². The van der Waals surface area contributed by atoms with Crippen LogP contribution in [-0.4, -0.2) is 20.7 Å². The van der Waals surface area contributed by atoms with Crippen molar-refractivity contribution in [2.75, 3.05) is 5.32 Å². The van der Waals surface area contributed by atoms with Crippen LogP contribution in [0.5, 0.6) is 0 Å². The number of hydrogen-bond acceptors (Lipinski definition) is 4. The number of anilines is 1. The van der Waals surface area contributed by atoms with Crippen LogP contribution in [0, 0.1) is 0 Å². The van der Waals surface area contributed by atoms with Crippen molar-refractivity contribution in [1.29, 1.82) is 0 Å². The molecular formula is C20H20N4OS. The van der Waals surface area contributed by atoms with Gasteiger partial charge in [0.15, 0.2) is 5.16 Å². The average molecular weight is 364 g/mol. The summed E-state index contributed by atoms with van der Waals surface area (Å²) in [5.41, 5.74) is 2.59. The number of thioether (sulfide) groups is 1. The Hall–Kier alpha value is -2.60. The molecule has 1 saturated carbocycles. The summed E-state index contributed by atoms with van der Waals surface area (Å²) in [6.07, 6.45) is 4.24. The lowest BCUT2D eigenvalue weighted by atomic mass is 10.1. The zero-order chi connectivity index (χ0) is 17.9. The Labute approximate surface area is 156 Å². The molecule has 1 fully saturated rings. The van der Waals surface area contributed by atoms with E-state index < -0.39 is 0 Å². The fraction of sp³-hybridized carbons (Fsp3) is 0.250. The van der Waals surface area contributed by atoms with Gasteiger partial charge >= 0.3 is 0 Å². The van der Waals surface area contributed by atoms with E-state index in [2.05, 4.69) is 33.1 Å². The highest BCUT2D eigenvalue weighted by Gasteiger charge is 2.27. The maximum absolute atomic E-state index is 12.3. The summed E-state index contributed by atoms with van der Waals surface area (Å²) in [7, 11) is 0. The first-order valence-electron chi connectivity index (χ1n) is 8.73. The highest BCUT2D eigenvalue weighted by atomic mass is 32.2. The molecular weight excluding hydrogens is 344 g/mol. The number of carbonyl (C=O) groups excluding carboxylic acids is 1. The summed E-state index contributed by atoms with van der Waals surface area (Å²) in [5.74, 6) is -0.100. The number of benzene rings is 2. The van der Waals surface area contributed by atoms with Crippen LogP contribution < -0.4 is 5.32 Å². The van der Waals surface area contributed by atoms with Gasteiger partial charge < -0.3 is 9.88 Å². The highest BCUT2D eigenvalue weighted by Crippen LogP contribution is 2.41. The standard InChI is InChI=1S/C20H20N4OS/c1-14(26-20-23-21-13-24(20)18-10-11-18)16-8-5-9-17(12-16)22-19(25)15-6-3-2-4-7-15/h2-9,12-14,18H,10-11H2,1H3,(H,22,25)/t14-/m0/s1. The molecule has 0 aliphatic heterocycles. The molecule has 1 amide bonds. The zero-order valence-corrected chi connectivity index (χ0v) is 15.3. The summed E-state index contributed by atoms with van der Waals surface area (Å²) in [6.45, 7) is 2.15. The molecule has 132 valence electrons. The summed E-state index contributed by atoms with van der Waals surface area (Å²) in [6, 6.07) is 17.8. The third-order valence-electron chi connectivity index (χ3n) is 4.41. The predicted molar refractivity (Wildman–Crippen MR) is 103 cm³/mol. The van der Waals surface area contributed by atoms with E-state index in [1.54, 1.807) is 11.8 Å². The first-order valence-corrected chi connectivity index (χ1v) is 9.61. The van der Waals surface area contributed by atoms with Gasteiger partial charge in [0, 0.05) is 22.5 Å². The van der Waals surface area contributed by atoms with Crippen LogP contribution in [0.3, 0.4) is 0 Å². The van der Waals surface area contributed by atoms with Gasteiger partial charge in [-0.2, -0.15) is 0 Å². The van der Waals surface area contributed by atoms with Crippen LogP contribution >= 0.6 is 11.8 Å². The molecule has 26 heavy (non-hydrogen) atoms. The molecule has 5 nitrogen and oxygen atoms in total. The van der Waals surface area contributed by atoms with E-state index >= 15 is 0 Å². The van der Waals surface area contributed by atoms with Crippen molar-refractivity contribution in [3.8, 4) is 0 Å². The van der Waals surface area contributed by atoms with Crippen LogP contribution in [0.15, 0.2) is 66.1 Å². The molecule has 0 unspecified atom stereocenters. The van der Waals surface area contributed by atoms with Gasteiger partial charge in [-0.05, 0) is 49.6 Å². The third kappa shape index (κ3) is 3.80. The summed E-state index contributed by atoms with van der Waals surface area (Å²) in [5, 5.41) is 12.5. The number of carbonyl (C=O) groups is 1. The molecule has 1 N–H and O–H groups in total. The minimum atomic E-state index is -0.100. The van der Waals surface area contributed by atoms with Crippen molar-refractivity contribution in [2.24, 2.45) is 0 Å².